The van der Waals surface area contributed by atoms with E-state index in [-0.39, 0.29) is 36.1 Å². The number of fused-ring (bicyclic) bond motifs is 1. The first-order chi connectivity index (χ1) is 19.4. The molecule has 4 amide bonds. The molecule has 1 aliphatic carbocycles. The van der Waals surface area contributed by atoms with Gasteiger partial charge in [0.15, 0.2) is 0 Å². The maximum Gasteiger partial charge on any atom is 0.408 e. The molecule has 2 aliphatic rings. The van der Waals surface area contributed by atoms with Crippen LogP contribution in [0.1, 0.15) is 80.7 Å². The number of amides is 4. The van der Waals surface area contributed by atoms with E-state index >= 15 is 0 Å². The molecule has 1 aromatic carbocycles. The van der Waals surface area contributed by atoms with Crippen LogP contribution in [0.4, 0.5) is 4.79 Å². The second-order valence-corrected chi connectivity index (χ2v) is 14.2. The lowest BCUT2D eigenvalue weighted by atomic mass is 9.85. The summed E-state index contributed by atoms with van der Waals surface area (Å²) in [5.41, 5.74) is -0.725. The van der Waals surface area contributed by atoms with Crippen LogP contribution in [-0.4, -0.2) is 64.8 Å². The molecule has 1 heterocycles. The lowest BCUT2D eigenvalue weighted by Gasteiger charge is -2.38. The first-order valence-electron chi connectivity index (χ1n) is 14.8. The van der Waals surface area contributed by atoms with Gasteiger partial charge in [0, 0.05) is 13.1 Å². The average Bonchev–Trinajstić information content (AvgIpc) is 3.21. The van der Waals surface area contributed by atoms with Gasteiger partial charge in [-0.05, 0) is 55.4 Å². The lowest BCUT2D eigenvalue weighted by molar-refractivity contribution is -0.145. The van der Waals surface area contributed by atoms with E-state index in [1.54, 1.807) is 20.8 Å². The monoisotopic (exact) mass is 584 g/mol. The summed E-state index contributed by atoms with van der Waals surface area (Å²) >= 11 is 0. The molecule has 0 aromatic heterocycles. The van der Waals surface area contributed by atoms with Gasteiger partial charge < -0.3 is 25.6 Å². The second-order valence-electron chi connectivity index (χ2n) is 14.2. The molecule has 10 heteroatoms. The van der Waals surface area contributed by atoms with E-state index in [4.69, 9.17) is 4.74 Å². The zero-order valence-corrected chi connectivity index (χ0v) is 26.5. The number of carbonyl (C=O) groups excluding carboxylic acids is 5. The highest BCUT2D eigenvalue weighted by Gasteiger charge is 2.70. The number of hydrogen-bond acceptors (Lipinski definition) is 6. The highest BCUT2D eigenvalue weighted by Crippen LogP contribution is 2.65. The first kappa shape index (κ1) is 33.1. The summed E-state index contributed by atoms with van der Waals surface area (Å²) in [5, 5.41) is 8.19. The predicted molar refractivity (Wildman–Crippen MR) is 159 cm³/mol. The number of hydrogen-bond donors (Lipinski definition) is 3. The normalized spacial score (nSPS) is 22.3. The Labute approximate surface area is 249 Å². The van der Waals surface area contributed by atoms with Crippen LogP contribution < -0.4 is 16.0 Å². The summed E-state index contributed by atoms with van der Waals surface area (Å²) in [4.78, 5) is 68.0. The number of ether oxygens (including phenoxy) is 1. The van der Waals surface area contributed by atoms with Crippen LogP contribution in [-0.2, 0) is 30.5 Å². The van der Waals surface area contributed by atoms with Crippen molar-refractivity contribution in [3.8, 4) is 0 Å². The molecule has 10 nitrogen and oxygen atoms in total. The molecule has 2 unspecified atom stereocenters. The molecular weight excluding hydrogens is 536 g/mol. The van der Waals surface area contributed by atoms with Gasteiger partial charge in [-0.3, -0.25) is 19.2 Å². The van der Waals surface area contributed by atoms with Gasteiger partial charge in [-0.1, -0.05) is 78.3 Å². The summed E-state index contributed by atoms with van der Waals surface area (Å²) < 4.78 is 5.41. The first-order valence-corrected chi connectivity index (χ1v) is 14.8. The van der Waals surface area contributed by atoms with Crippen LogP contribution in [0.2, 0.25) is 0 Å². The van der Waals surface area contributed by atoms with E-state index in [2.05, 4.69) is 29.8 Å². The third kappa shape index (κ3) is 7.69. The van der Waals surface area contributed by atoms with Crippen molar-refractivity contribution in [2.24, 2.45) is 22.7 Å². The maximum atomic E-state index is 14.0. The van der Waals surface area contributed by atoms with Crippen molar-refractivity contribution in [2.45, 2.75) is 105 Å². The topological polar surface area (TPSA) is 134 Å². The fourth-order valence-electron chi connectivity index (χ4n) is 5.89. The van der Waals surface area contributed by atoms with Crippen molar-refractivity contribution in [1.29, 1.82) is 0 Å². The van der Waals surface area contributed by atoms with Gasteiger partial charge in [0.2, 0.25) is 17.6 Å². The van der Waals surface area contributed by atoms with Gasteiger partial charge in [-0.15, -0.1) is 0 Å². The minimum Gasteiger partial charge on any atom is -0.444 e. The largest absolute Gasteiger partial charge is 0.444 e. The third-order valence-electron chi connectivity index (χ3n) is 8.26. The molecule has 2 fully saturated rings. The Kier molecular flexibility index (Phi) is 9.79. The molecule has 5 atom stereocenters. The molecule has 0 radical (unpaired) electrons. The number of nitrogens with one attached hydrogen (secondary N) is 3. The van der Waals surface area contributed by atoms with Crippen LogP contribution in [0, 0.1) is 22.7 Å². The average molecular weight is 585 g/mol. The second kappa shape index (κ2) is 12.4. The SMILES string of the molecule is CCC[C@@H](NC(=O)[C@@H]1C2C(CN1C(=O)[C@@H](NC(=O)OC(C)(C)C)C(C)(C)C)C2(C)C)C(=O)C(=O)NCc1ccccc1. The Morgan fingerprint density at radius 1 is 1.00 bits per heavy atom. The van der Waals surface area contributed by atoms with Crippen LogP contribution in [0.25, 0.3) is 0 Å². The standard InChI is InChI=1S/C32H48N4O6/c1-10-14-21(24(37)27(39)33-17-19-15-12-11-13-16-19)34-26(38)23-22-20(32(22,8)9)18-36(23)28(40)25(30(2,3)4)35-29(41)42-31(5,6)7/h11-13,15-16,20-23,25H,10,14,17-18H2,1-9H3,(H,33,39)(H,34,38)(H,35,41)/t20?,21-,22?,23+,25-/m1/s1. The molecule has 0 spiro atoms. The van der Waals surface area contributed by atoms with E-state index in [0.717, 1.165) is 5.56 Å². The number of Topliss-reactive ketones (excluding diaryl/α,β-unsaturated/α-hetero) is 1. The molecule has 3 N–H and O–H groups in total. The highest BCUT2D eigenvalue weighted by molar-refractivity contribution is 6.38. The van der Waals surface area contributed by atoms with E-state index in [1.165, 1.54) is 4.90 Å². The summed E-state index contributed by atoms with van der Waals surface area (Å²) in [7, 11) is 0. The molecule has 42 heavy (non-hydrogen) atoms. The molecule has 1 aliphatic heterocycles. The number of carbonyl (C=O) groups is 5. The minimum absolute atomic E-state index is 0.104. The van der Waals surface area contributed by atoms with Crippen molar-refractivity contribution in [2.75, 3.05) is 6.54 Å². The number of alkyl carbamates (subject to hydrolysis) is 1. The maximum absolute atomic E-state index is 14.0. The zero-order valence-electron chi connectivity index (χ0n) is 26.5. The van der Waals surface area contributed by atoms with Crippen LogP contribution >= 0.6 is 0 Å². The highest BCUT2D eigenvalue weighted by atomic mass is 16.6. The molecule has 232 valence electrons. The zero-order chi connectivity index (χ0) is 31.6. The smallest absolute Gasteiger partial charge is 0.408 e. The molecule has 0 bridgehead atoms. The number of likely N-dealkylation sites (tertiary alicyclic amines) is 1. The Balaban J connectivity index is 1.78. The number of ketones is 1. The van der Waals surface area contributed by atoms with E-state index in [1.807, 2.05) is 58.0 Å². The van der Waals surface area contributed by atoms with Gasteiger partial charge in [0.1, 0.15) is 17.7 Å². The van der Waals surface area contributed by atoms with Crippen molar-refractivity contribution in [3.05, 3.63) is 35.9 Å². The molecular formula is C32H48N4O6. The lowest BCUT2D eigenvalue weighted by Crippen LogP contribution is -2.60. The van der Waals surface area contributed by atoms with Crippen molar-refractivity contribution in [1.82, 2.24) is 20.9 Å². The molecule has 1 saturated heterocycles. The van der Waals surface area contributed by atoms with E-state index in [0.29, 0.717) is 13.0 Å². The Morgan fingerprint density at radius 2 is 1.62 bits per heavy atom. The Bertz CT molecular complexity index is 1180. The van der Waals surface area contributed by atoms with Crippen LogP contribution in [0.15, 0.2) is 30.3 Å². The summed E-state index contributed by atoms with van der Waals surface area (Å²) in [6, 6.07) is 6.45. The predicted octanol–water partition coefficient (Wildman–Crippen LogP) is 3.58. The van der Waals surface area contributed by atoms with E-state index < -0.39 is 52.8 Å². The quantitative estimate of drug-likeness (QED) is 0.360. The van der Waals surface area contributed by atoms with Gasteiger partial charge >= 0.3 is 6.09 Å². The molecule has 3 rings (SSSR count). The number of benzene rings is 1. The molecule has 1 saturated carbocycles. The van der Waals surface area contributed by atoms with Gasteiger partial charge in [-0.25, -0.2) is 4.79 Å². The fourth-order valence-corrected chi connectivity index (χ4v) is 5.89. The summed E-state index contributed by atoms with van der Waals surface area (Å²) in [6.07, 6.45) is 0.141. The number of piperidine rings is 1. The molecule has 1 aromatic rings. The van der Waals surface area contributed by atoms with Crippen molar-refractivity contribution >= 4 is 29.6 Å². The van der Waals surface area contributed by atoms with Crippen LogP contribution in [0.5, 0.6) is 0 Å². The third-order valence-corrected chi connectivity index (χ3v) is 8.26. The van der Waals surface area contributed by atoms with Crippen LogP contribution in [0.3, 0.4) is 0 Å². The van der Waals surface area contributed by atoms with Crippen molar-refractivity contribution < 1.29 is 28.7 Å². The van der Waals surface area contributed by atoms with Gasteiger partial charge in [-0.2, -0.15) is 0 Å². The number of rotatable bonds is 10. The summed E-state index contributed by atoms with van der Waals surface area (Å²) in [6.45, 7) is 17.3. The summed E-state index contributed by atoms with van der Waals surface area (Å²) in [5.74, 6) is -2.33. The Morgan fingerprint density at radius 3 is 2.17 bits per heavy atom. The van der Waals surface area contributed by atoms with Gasteiger partial charge in [0.05, 0.1) is 6.04 Å². The van der Waals surface area contributed by atoms with E-state index in [9.17, 15) is 24.0 Å². The fraction of sp³-hybridized carbons (Fsp3) is 0.656. The Hall–Kier alpha value is -3.43. The van der Waals surface area contributed by atoms with Crippen molar-refractivity contribution in [3.63, 3.8) is 0 Å². The number of nitrogens with zero attached hydrogens (tertiary/aromatic N) is 1. The van der Waals surface area contributed by atoms with Gasteiger partial charge in [0.25, 0.3) is 5.91 Å². The minimum atomic E-state index is -1.02.